The number of nitrogens with one attached hydrogen (secondary N) is 1. The first kappa shape index (κ1) is 23.4. The molecule has 1 aliphatic rings. The van der Waals surface area contributed by atoms with E-state index >= 15 is 0 Å². The minimum Gasteiger partial charge on any atom is -0.455 e. The molecule has 10 nitrogen and oxygen atoms in total. The molecule has 176 valence electrons. The van der Waals surface area contributed by atoms with Crippen LogP contribution in [0.1, 0.15) is 25.0 Å². The Balaban J connectivity index is 1.40. The second-order valence-electron chi connectivity index (χ2n) is 8.37. The number of anilines is 2. The molecule has 0 spiro atoms. The van der Waals surface area contributed by atoms with Gasteiger partial charge in [0.05, 0.1) is 22.8 Å². The normalized spacial score (nSPS) is 14.4. The third kappa shape index (κ3) is 4.51. The fourth-order valence-electron chi connectivity index (χ4n) is 3.64. The maximum absolute atomic E-state index is 13.0. The van der Waals surface area contributed by atoms with Crippen LogP contribution in [0, 0.1) is 13.8 Å². The molecule has 34 heavy (non-hydrogen) atoms. The van der Waals surface area contributed by atoms with Gasteiger partial charge in [-0.05, 0) is 67.4 Å². The highest BCUT2D eigenvalue weighted by Gasteiger charge is 2.43. The van der Waals surface area contributed by atoms with E-state index in [2.05, 4.69) is 20.8 Å². The molecule has 3 aromatic rings. The Bertz CT molecular complexity index is 1270. The summed E-state index contributed by atoms with van der Waals surface area (Å²) in [5, 5.41) is 15.0. The van der Waals surface area contributed by atoms with Crippen molar-refractivity contribution in [3.8, 4) is 5.69 Å². The minimum absolute atomic E-state index is 0.0843. The number of carbonyl (C=O) groups excluding carboxylic acids is 3. The molecule has 0 saturated carbocycles. The Kier molecular flexibility index (Phi) is 6.38. The molecule has 0 unspecified atom stereocenters. The number of rotatable bonds is 6. The number of amides is 2. The Morgan fingerprint density at radius 2 is 1.88 bits per heavy atom. The van der Waals surface area contributed by atoms with Gasteiger partial charge in [0.15, 0.2) is 6.61 Å². The zero-order chi connectivity index (χ0) is 24.5. The van der Waals surface area contributed by atoms with Crippen molar-refractivity contribution in [3.63, 3.8) is 0 Å². The van der Waals surface area contributed by atoms with Crippen LogP contribution in [0.3, 0.4) is 0 Å². The number of nitrogens with zero attached hydrogens (tertiary/aromatic N) is 5. The van der Waals surface area contributed by atoms with Crippen LogP contribution in [0.15, 0.2) is 47.6 Å². The average Bonchev–Trinajstić information content (AvgIpc) is 3.27. The number of fused-ring (bicyclic) bond motifs is 1. The molecule has 2 heterocycles. The summed E-state index contributed by atoms with van der Waals surface area (Å²) >= 11 is 1.11. The summed E-state index contributed by atoms with van der Waals surface area (Å²) in [5.74, 6) is -1.49. The number of para-hydroxylation sites is 2. The molecular weight excluding hydrogens is 456 g/mol. The zero-order valence-corrected chi connectivity index (χ0v) is 20.0. The monoisotopic (exact) mass is 480 g/mol. The number of hydrogen-bond acceptors (Lipinski definition) is 8. The van der Waals surface area contributed by atoms with E-state index in [-0.39, 0.29) is 11.7 Å². The first-order valence-electron chi connectivity index (χ1n) is 10.6. The topological polar surface area (TPSA) is 119 Å². The summed E-state index contributed by atoms with van der Waals surface area (Å²) in [6, 6.07) is 12.9. The molecule has 1 N–H and O–H groups in total. The maximum Gasteiger partial charge on any atom is 0.316 e. The molecule has 0 radical (unpaired) electrons. The molecule has 11 heteroatoms. The van der Waals surface area contributed by atoms with Crippen LogP contribution in [0.25, 0.3) is 5.69 Å². The summed E-state index contributed by atoms with van der Waals surface area (Å²) in [4.78, 5) is 39.3. The highest BCUT2D eigenvalue weighted by atomic mass is 32.2. The van der Waals surface area contributed by atoms with Crippen LogP contribution >= 0.6 is 11.8 Å². The van der Waals surface area contributed by atoms with Gasteiger partial charge in [-0.1, -0.05) is 36.0 Å². The van der Waals surface area contributed by atoms with Crippen molar-refractivity contribution >= 4 is 40.9 Å². The lowest BCUT2D eigenvalue weighted by Crippen LogP contribution is -2.59. The van der Waals surface area contributed by atoms with E-state index in [1.807, 2.05) is 32.0 Å². The predicted molar refractivity (Wildman–Crippen MR) is 127 cm³/mol. The van der Waals surface area contributed by atoms with Crippen molar-refractivity contribution in [2.45, 2.75) is 38.4 Å². The summed E-state index contributed by atoms with van der Waals surface area (Å²) in [6.45, 7) is 6.71. The van der Waals surface area contributed by atoms with E-state index < -0.39 is 24.0 Å². The first-order chi connectivity index (χ1) is 16.2. The Morgan fingerprint density at radius 1 is 1.12 bits per heavy atom. The lowest BCUT2D eigenvalue weighted by Gasteiger charge is -2.41. The maximum atomic E-state index is 13.0. The predicted octanol–water partition coefficient (Wildman–Crippen LogP) is 2.68. The Labute approximate surface area is 200 Å². The molecule has 0 fully saturated rings. The number of thioether (sulfide) groups is 1. The third-order valence-corrected chi connectivity index (χ3v) is 6.36. The summed E-state index contributed by atoms with van der Waals surface area (Å²) in [6.07, 6.45) is 0. The quantitative estimate of drug-likeness (QED) is 0.422. The van der Waals surface area contributed by atoms with E-state index in [0.29, 0.717) is 16.5 Å². The van der Waals surface area contributed by atoms with Crippen molar-refractivity contribution in [3.05, 3.63) is 53.6 Å². The van der Waals surface area contributed by atoms with Crippen LogP contribution in [0.5, 0.6) is 0 Å². The lowest BCUT2D eigenvalue weighted by molar-refractivity contribution is -0.145. The molecule has 0 aliphatic carbocycles. The van der Waals surface area contributed by atoms with E-state index in [9.17, 15) is 14.4 Å². The molecule has 2 amide bonds. The minimum atomic E-state index is -1.14. The van der Waals surface area contributed by atoms with Crippen LogP contribution in [0.2, 0.25) is 0 Å². The van der Waals surface area contributed by atoms with E-state index in [1.165, 1.54) is 4.90 Å². The molecule has 0 atom stereocenters. The van der Waals surface area contributed by atoms with Gasteiger partial charge in [0.1, 0.15) is 5.54 Å². The molecule has 1 aromatic heterocycles. The van der Waals surface area contributed by atoms with E-state index in [1.54, 1.807) is 42.8 Å². The molecule has 0 saturated heterocycles. The third-order valence-electron chi connectivity index (χ3n) is 5.47. The van der Waals surface area contributed by atoms with Crippen LogP contribution in [0.4, 0.5) is 11.4 Å². The number of hydrogen-bond donors (Lipinski definition) is 1. The number of benzene rings is 2. The number of ether oxygens (including phenoxy) is 1. The van der Waals surface area contributed by atoms with Gasteiger partial charge in [0, 0.05) is 0 Å². The van der Waals surface area contributed by atoms with Crippen molar-refractivity contribution in [1.29, 1.82) is 0 Å². The second kappa shape index (κ2) is 9.26. The second-order valence-corrected chi connectivity index (χ2v) is 9.31. The average molecular weight is 481 g/mol. The largest absolute Gasteiger partial charge is 0.455 e. The highest BCUT2D eigenvalue weighted by molar-refractivity contribution is 7.99. The number of esters is 1. The van der Waals surface area contributed by atoms with Crippen molar-refractivity contribution in [2.24, 2.45) is 0 Å². The van der Waals surface area contributed by atoms with Gasteiger partial charge in [-0.25, -0.2) is 0 Å². The zero-order valence-electron chi connectivity index (χ0n) is 19.2. The van der Waals surface area contributed by atoms with Gasteiger partial charge in [-0.2, -0.15) is 4.68 Å². The summed E-state index contributed by atoms with van der Waals surface area (Å²) < 4.78 is 6.79. The number of aryl methyl sites for hydroxylation is 2. The van der Waals surface area contributed by atoms with Crippen molar-refractivity contribution in [2.75, 3.05) is 22.6 Å². The van der Waals surface area contributed by atoms with Gasteiger partial charge in [0.2, 0.25) is 11.1 Å². The first-order valence-corrected chi connectivity index (χ1v) is 11.5. The van der Waals surface area contributed by atoms with Gasteiger partial charge in [0.25, 0.3) is 5.91 Å². The van der Waals surface area contributed by atoms with E-state index in [0.717, 1.165) is 28.6 Å². The molecule has 2 aromatic carbocycles. The standard InChI is InChI=1S/C23H24N6O4S/c1-14-9-10-15(2)18(11-14)29-22(25-26-27-29)34-13-20(31)33-12-19(30)28-17-8-6-5-7-16(17)24-21(32)23(28,3)4/h5-11H,12-13H2,1-4H3,(H,24,32). The highest BCUT2D eigenvalue weighted by Crippen LogP contribution is 2.36. The van der Waals surface area contributed by atoms with Crippen molar-refractivity contribution in [1.82, 2.24) is 20.2 Å². The Morgan fingerprint density at radius 3 is 2.68 bits per heavy atom. The number of aromatic nitrogens is 4. The molecule has 1 aliphatic heterocycles. The fourth-order valence-corrected chi connectivity index (χ4v) is 4.32. The fraction of sp³-hybridized carbons (Fsp3) is 0.304. The van der Waals surface area contributed by atoms with Gasteiger partial charge >= 0.3 is 5.97 Å². The number of tetrazole rings is 1. The summed E-state index contributed by atoms with van der Waals surface area (Å²) in [5.41, 5.74) is 2.80. The SMILES string of the molecule is Cc1ccc(C)c(-n2nnnc2SCC(=O)OCC(=O)N2c3ccccc3NC(=O)C2(C)C)c1. The smallest absolute Gasteiger partial charge is 0.316 e. The van der Waals surface area contributed by atoms with Crippen LogP contribution in [-0.4, -0.2) is 55.9 Å². The summed E-state index contributed by atoms with van der Waals surface area (Å²) in [7, 11) is 0. The molecule has 4 rings (SSSR count). The molecular formula is C23H24N6O4S. The van der Waals surface area contributed by atoms with Crippen LogP contribution in [-0.2, 0) is 19.1 Å². The number of carbonyl (C=O) groups is 3. The van der Waals surface area contributed by atoms with E-state index in [4.69, 9.17) is 4.74 Å². The van der Waals surface area contributed by atoms with Gasteiger partial charge in [-0.15, -0.1) is 5.10 Å². The van der Waals surface area contributed by atoms with Gasteiger partial charge < -0.3 is 10.1 Å². The molecule has 0 bridgehead atoms. The van der Waals surface area contributed by atoms with Crippen LogP contribution < -0.4 is 10.2 Å². The Hall–Kier alpha value is -3.73. The van der Waals surface area contributed by atoms with Crippen molar-refractivity contribution < 1.29 is 19.1 Å². The van der Waals surface area contributed by atoms with Gasteiger partial charge in [-0.3, -0.25) is 19.3 Å². The lowest BCUT2D eigenvalue weighted by atomic mass is 9.96.